The molecule has 0 atom stereocenters. The molecule has 9 heteroatoms. The van der Waals surface area contributed by atoms with Crippen molar-refractivity contribution >= 4 is 11.7 Å². The summed E-state index contributed by atoms with van der Waals surface area (Å²) in [6, 6.07) is 9.27. The standard InChI is InChI=1S/C18H16F3N5O/c1-12-23-15(18(19,20)21)10-16(24-12)25-6-8-26(9-7-25)17(27)14-4-2-13(11-22)3-5-14/h2-5,10H,6-9H2,1H3. The first-order valence-corrected chi connectivity index (χ1v) is 8.25. The predicted octanol–water partition coefficient (Wildman–Crippen LogP) is 2.64. The van der Waals surface area contributed by atoms with Gasteiger partial charge in [0.25, 0.3) is 5.91 Å². The largest absolute Gasteiger partial charge is 0.433 e. The number of hydrogen-bond acceptors (Lipinski definition) is 5. The molecule has 2 aromatic rings. The Kier molecular flexibility index (Phi) is 4.99. The van der Waals surface area contributed by atoms with Crippen LogP contribution in [0.3, 0.4) is 0 Å². The minimum absolute atomic E-state index is 0.0518. The van der Waals surface area contributed by atoms with E-state index < -0.39 is 11.9 Å². The number of aryl methyl sites for hydroxylation is 1. The Morgan fingerprint density at radius 3 is 2.30 bits per heavy atom. The van der Waals surface area contributed by atoms with Crippen LogP contribution in [0, 0.1) is 18.3 Å². The zero-order valence-corrected chi connectivity index (χ0v) is 14.5. The molecule has 1 saturated heterocycles. The summed E-state index contributed by atoms with van der Waals surface area (Å²) < 4.78 is 38.8. The van der Waals surface area contributed by atoms with E-state index in [4.69, 9.17) is 5.26 Å². The van der Waals surface area contributed by atoms with Crippen molar-refractivity contribution < 1.29 is 18.0 Å². The third-order valence-corrected chi connectivity index (χ3v) is 4.27. The maximum atomic E-state index is 12.9. The molecule has 0 saturated carbocycles. The molecule has 0 spiro atoms. The fourth-order valence-electron chi connectivity index (χ4n) is 2.87. The van der Waals surface area contributed by atoms with E-state index in [1.165, 1.54) is 6.92 Å². The third-order valence-electron chi connectivity index (χ3n) is 4.27. The highest BCUT2D eigenvalue weighted by Gasteiger charge is 2.34. The molecular formula is C18H16F3N5O. The second-order valence-electron chi connectivity index (χ2n) is 6.12. The molecule has 2 heterocycles. The summed E-state index contributed by atoms with van der Waals surface area (Å²) in [4.78, 5) is 23.4. The fourth-order valence-corrected chi connectivity index (χ4v) is 2.87. The number of piperazine rings is 1. The number of alkyl halides is 3. The van der Waals surface area contributed by atoms with Crippen LogP contribution in [0.1, 0.15) is 27.4 Å². The molecule has 0 bridgehead atoms. The van der Waals surface area contributed by atoms with Crippen LogP contribution in [0.25, 0.3) is 0 Å². The molecule has 0 N–H and O–H groups in total. The molecule has 0 unspecified atom stereocenters. The van der Waals surface area contributed by atoms with Crippen LogP contribution >= 0.6 is 0 Å². The van der Waals surface area contributed by atoms with Crippen LogP contribution in [0.2, 0.25) is 0 Å². The van der Waals surface area contributed by atoms with Gasteiger partial charge < -0.3 is 9.80 Å². The van der Waals surface area contributed by atoms with Crippen molar-refractivity contribution in [2.24, 2.45) is 0 Å². The van der Waals surface area contributed by atoms with Crippen LogP contribution < -0.4 is 4.90 Å². The summed E-state index contributed by atoms with van der Waals surface area (Å²) in [7, 11) is 0. The zero-order valence-electron chi connectivity index (χ0n) is 14.5. The lowest BCUT2D eigenvalue weighted by molar-refractivity contribution is -0.141. The number of carbonyl (C=O) groups is 1. The Morgan fingerprint density at radius 2 is 1.74 bits per heavy atom. The van der Waals surface area contributed by atoms with E-state index in [-0.39, 0.29) is 17.5 Å². The third kappa shape index (κ3) is 4.16. The lowest BCUT2D eigenvalue weighted by atomic mass is 10.1. The number of hydrogen-bond donors (Lipinski definition) is 0. The molecular weight excluding hydrogens is 359 g/mol. The van der Waals surface area contributed by atoms with Crippen molar-refractivity contribution in [3.8, 4) is 6.07 Å². The van der Waals surface area contributed by atoms with Gasteiger partial charge in [-0.3, -0.25) is 4.79 Å². The highest BCUT2D eigenvalue weighted by atomic mass is 19.4. The first kappa shape index (κ1) is 18.6. The second kappa shape index (κ2) is 7.23. The Balaban J connectivity index is 1.69. The quantitative estimate of drug-likeness (QED) is 0.807. The molecule has 3 rings (SSSR count). The van der Waals surface area contributed by atoms with Crippen molar-refractivity contribution in [2.75, 3.05) is 31.1 Å². The van der Waals surface area contributed by atoms with Gasteiger partial charge in [0.15, 0.2) is 0 Å². The number of aromatic nitrogens is 2. The van der Waals surface area contributed by atoms with E-state index in [9.17, 15) is 18.0 Å². The summed E-state index contributed by atoms with van der Waals surface area (Å²) in [6.07, 6.45) is -4.53. The molecule has 1 amide bonds. The van der Waals surface area contributed by atoms with Gasteiger partial charge in [0.2, 0.25) is 0 Å². The molecule has 1 fully saturated rings. The monoisotopic (exact) mass is 375 g/mol. The topological polar surface area (TPSA) is 73.1 Å². The van der Waals surface area contributed by atoms with Crippen LogP contribution in [0.15, 0.2) is 30.3 Å². The molecule has 1 aromatic heterocycles. The van der Waals surface area contributed by atoms with E-state index in [1.54, 1.807) is 34.1 Å². The Hall–Kier alpha value is -3.15. The van der Waals surface area contributed by atoms with Crippen molar-refractivity contribution in [1.82, 2.24) is 14.9 Å². The number of benzene rings is 1. The molecule has 140 valence electrons. The van der Waals surface area contributed by atoms with E-state index in [2.05, 4.69) is 9.97 Å². The fraction of sp³-hybridized carbons (Fsp3) is 0.333. The summed E-state index contributed by atoms with van der Waals surface area (Å²) in [5.74, 6) is 0.0881. The number of anilines is 1. The number of nitrogens with zero attached hydrogens (tertiary/aromatic N) is 5. The number of nitriles is 1. The zero-order chi connectivity index (χ0) is 19.6. The number of amides is 1. The summed E-state index contributed by atoms with van der Waals surface area (Å²) in [6.45, 7) is 2.89. The van der Waals surface area contributed by atoms with Gasteiger partial charge in [-0.15, -0.1) is 0 Å². The molecule has 6 nitrogen and oxygen atoms in total. The lowest BCUT2D eigenvalue weighted by Crippen LogP contribution is -2.49. The van der Waals surface area contributed by atoms with Crippen LogP contribution in [0.4, 0.5) is 19.0 Å². The molecule has 1 aromatic carbocycles. The minimum atomic E-state index is -4.53. The first-order chi connectivity index (χ1) is 12.8. The summed E-state index contributed by atoms with van der Waals surface area (Å²) >= 11 is 0. The lowest BCUT2D eigenvalue weighted by Gasteiger charge is -2.35. The smallest absolute Gasteiger partial charge is 0.353 e. The predicted molar refractivity (Wildman–Crippen MR) is 91.0 cm³/mol. The highest BCUT2D eigenvalue weighted by Crippen LogP contribution is 2.30. The Labute approximate surface area is 153 Å². The van der Waals surface area contributed by atoms with Gasteiger partial charge in [-0.05, 0) is 31.2 Å². The molecule has 1 aliphatic rings. The van der Waals surface area contributed by atoms with Crippen molar-refractivity contribution in [3.63, 3.8) is 0 Å². The number of halogens is 3. The normalized spacial score (nSPS) is 14.8. The van der Waals surface area contributed by atoms with Gasteiger partial charge >= 0.3 is 6.18 Å². The van der Waals surface area contributed by atoms with Gasteiger partial charge in [-0.1, -0.05) is 0 Å². The van der Waals surface area contributed by atoms with Crippen molar-refractivity contribution in [1.29, 1.82) is 5.26 Å². The summed E-state index contributed by atoms with van der Waals surface area (Å²) in [5.41, 5.74) is -0.0308. The minimum Gasteiger partial charge on any atom is -0.353 e. The molecule has 27 heavy (non-hydrogen) atoms. The second-order valence-corrected chi connectivity index (χ2v) is 6.12. The van der Waals surface area contributed by atoms with Gasteiger partial charge in [-0.2, -0.15) is 18.4 Å². The molecule has 0 aliphatic carbocycles. The maximum Gasteiger partial charge on any atom is 0.433 e. The van der Waals surface area contributed by atoms with E-state index in [0.29, 0.717) is 37.3 Å². The van der Waals surface area contributed by atoms with Crippen molar-refractivity contribution in [3.05, 3.63) is 53.0 Å². The van der Waals surface area contributed by atoms with E-state index >= 15 is 0 Å². The first-order valence-electron chi connectivity index (χ1n) is 8.25. The van der Waals surface area contributed by atoms with Gasteiger partial charge in [0.05, 0.1) is 11.6 Å². The van der Waals surface area contributed by atoms with Crippen molar-refractivity contribution in [2.45, 2.75) is 13.1 Å². The molecule has 0 radical (unpaired) electrons. The summed E-state index contributed by atoms with van der Waals surface area (Å²) in [5, 5.41) is 8.81. The van der Waals surface area contributed by atoms with Gasteiger partial charge in [-0.25, -0.2) is 9.97 Å². The van der Waals surface area contributed by atoms with Crippen LogP contribution in [-0.2, 0) is 6.18 Å². The Bertz CT molecular complexity index is 881. The SMILES string of the molecule is Cc1nc(N2CCN(C(=O)c3ccc(C#N)cc3)CC2)cc(C(F)(F)F)n1. The Morgan fingerprint density at radius 1 is 1.11 bits per heavy atom. The highest BCUT2D eigenvalue weighted by molar-refractivity contribution is 5.94. The van der Waals surface area contributed by atoms with Gasteiger partial charge in [0.1, 0.15) is 17.3 Å². The number of carbonyl (C=O) groups excluding carboxylic acids is 1. The van der Waals surface area contributed by atoms with E-state index in [1.807, 2.05) is 6.07 Å². The van der Waals surface area contributed by atoms with E-state index in [0.717, 1.165) is 6.07 Å². The van der Waals surface area contributed by atoms with Crippen LogP contribution in [-0.4, -0.2) is 47.0 Å². The number of rotatable bonds is 2. The molecule has 1 aliphatic heterocycles. The average molecular weight is 375 g/mol. The average Bonchev–Trinajstić information content (AvgIpc) is 2.66. The maximum absolute atomic E-state index is 12.9. The van der Waals surface area contributed by atoms with Crippen LogP contribution in [0.5, 0.6) is 0 Å². The van der Waals surface area contributed by atoms with Gasteiger partial charge in [0, 0.05) is 37.8 Å².